The average Bonchev–Trinajstić information content (AvgIpc) is 3.18. The topological polar surface area (TPSA) is 111 Å². The van der Waals surface area contributed by atoms with E-state index in [0.29, 0.717) is 5.82 Å². The summed E-state index contributed by atoms with van der Waals surface area (Å²) >= 11 is 0. The van der Waals surface area contributed by atoms with Gasteiger partial charge in [-0.3, -0.25) is 4.79 Å². The van der Waals surface area contributed by atoms with E-state index < -0.39 is 0 Å². The molecule has 0 spiro atoms. The lowest BCUT2D eigenvalue weighted by atomic mass is 9.79. The number of primary amides is 1. The van der Waals surface area contributed by atoms with Crippen molar-refractivity contribution in [3.8, 4) is 11.3 Å². The Hall–Kier alpha value is -4.00. The molecule has 3 heterocycles. The molecule has 1 unspecified atom stereocenters. The molecule has 2 aromatic heterocycles. The predicted molar refractivity (Wildman–Crippen MR) is 129 cm³/mol. The Morgan fingerprint density at radius 1 is 1.00 bits per heavy atom. The van der Waals surface area contributed by atoms with Crippen LogP contribution in [0.1, 0.15) is 29.9 Å². The number of aromatic nitrogens is 3. The van der Waals surface area contributed by atoms with Gasteiger partial charge in [-0.25, -0.2) is 15.0 Å². The van der Waals surface area contributed by atoms with Crippen LogP contribution in [0, 0.1) is 5.92 Å². The molecule has 1 aliphatic heterocycles. The number of hydrogen-bond donors (Lipinski definition) is 2. The number of carbonyl (C=O) groups excluding carboxylic acids is 1. The molecular weight excluding hydrogens is 412 g/mol. The molecule has 4 N–H and O–H groups in total. The van der Waals surface area contributed by atoms with Crippen molar-refractivity contribution in [1.29, 1.82) is 0 Å². The average molecular weight is 437 g/mol. The molecule has 7 nitrogen and oxygen atoms in total. The smallest absolute Gasteiger partial charge is 0.220 e. The second-order valence-electron chi connectivity index (χ2n) is 8.94. The number of anilines is 2. The standard InChI is InChI=1S/C26H24N6O/c27-24-23-20(13-32(26(23)30-14-29-24)19-10-18(11-19)25(28)33)17-7-6-16-8-9-21(31-22(16)12-17)15-4-2-1-3-5-15/h1-9,12,14,18-20H,10-11,13H2,(H2,28,33)(H2,27,29,30)/t18-,19+,20?. The van der Waals surface area contributed by atoms with E-state index >= 15 is 0 Å². The molecule has 4 aromatic rings. The van der Waals surface area contributed by atoms with Crippen molar-refractivity contribution < 1.29 is 4.79 Å². The fourth-order valence-electron chi connectivity index (χ4n) is 5.13. The third kappa shape index (κ3) is 3.28. The van der Waals surface area contributed by atoms with Gasteiger partial charge in [-0.1, -0.05) is 48.5 Å². The molecule has 1 fully saturated rings. The number of benzene rings is 2. The molecule has 33 heavy (non-hydrogen) atoms. The SMILES string of the molecule is Nc1ncnc2c1C(c1ccc3ccc(-c4ccccc4)nc3c1)CN2[C@H]1C[C@@H](C(N)=O)C1. The zero-order valence-electron chi connectivity index (χ0n) is 18.1. The Labute approximate surface area is 191 Å². The number of carbonyl (C=O) groups is 1. The first kappa shape index (κ1) is 19.7. The molecule has 1 amide bonds. The van der Waals surface area contributed by atoms with E-state index in [9.17, 15) is 4.79 Å². The van der Waals surface area contributed by atoms with Crippen LogP contribution in [0.4, 0.5) is 11.6 Å². The molecule has 1 saturated carbocycles. The van der Waals surface area contributed by atoms with Crippen molar-refractivity contribution in [2.75, 3.05) is 17.2 Å². The number of nitrogens with zero attached hydrogens (tertiary/aromatic N) is 4. The first-order chi connectivity index (χ1) is 16.1. The highest BCUT2D eigenvalue weighted by Crippen LogP contribution is 2.46. The van der Waals surface area contributed by atoms with Gasteiger partial charge < -0.3 is 16.4 Å². The molecule has 164 valence electrons. The minimum Gasteiger partial charge on any atom is -0.383 e. The Kier molecular flexibility index (Phi) is 4.50. The molecule has 0 bridgehead atoms. The molecule has 1 atom stereocenters. The second kappa shape index (κ2) is 7.55. The van der Waals surface area contributed by atoms with E-state index in [2.05, 4.69) is 57.3 Å². The van der Waals surface area contributed by atoms with E-state index in [4.69, 9.17) is 16.5 Å². The lowest BCUT2D eigenvalue weighted by Crippen LogP contribution is -2.48. The van der Waals surface area contributed by atoms with Crippen LogP contribution in [0.2, 0.25) is 0 Å². The summed E-state index contributed by atoms with van der Waals surface area (Å²) in [7, 11) is 0. The maximum Gasteiger partial charge on any atom is 0.220 e. The summed E-state index contributed by atoms with van der Waals surface area (Å²) in [4.78, 5) is 27.6. The molecule has 6 rings (SSSR count). The molecular formula is C26H24N6O. The fourth-order valence-corrected chi connectivity index (χ4v) is 5.13. The summed E-state index contributed by atoms with van der Waals surface area (Å²) in [6.07, 6.45) is 3.03. The zero-order valence-corrected chi connectivity index (χ0v) is 18.1. The van der Waals surface area contributed by atoms with Crippen LogP contribution in [0.3, 0.4) is 0 Å². The fraction of sp³-hybridized carbons (Fsp3) is 0.231. The van der Waals surface area contributed by atoms with Crippen LogP contribution < -0.4 is 16.4 Å². The van der Waals surface area contributed by atoms with Crippen LogP contribution in [0.25, 0.3) is 22.2 Å². The Balaban J connectivity index is 1.38. The number of fused-ring (bicyclic) bond motifs is 2. The van der Waals surface area contributed by atoms with Gasteiger partial charge in [0.15, 0.2) is 0 Å². The van der Waals surface area contributed by atoms with E-state index in [0.717, 1.165) is 58.5 Å². The van der Waals surface area contributed by atoms with Crippen LogP contribution in [-0.4, -0.2) is 33.4 Å². The summed E-state index contributed by atoms with van der Waals surface area (Å²) in [6.45, 7) is 0.748. The van der Waals surface area contributed by atoms with Gasteiger partial charge in [-0.15, -0.1) is 0 Å². The van der Waals surface area contributed by atoms with Crippen LogP contribution >= 0.6 is 0 Å². The lowest BCUT2D eigenvalue weighted by molar-refractivity contribution is -0.124. The van der Waals surface area contributed by atoms with Gasteiger partial charge in [0.05, 0.1) is 11.2 Å². The highest BCUT2D eigenvalue weighted by atomic mass is 16.1. The minimum atomic E-state index is -0.223. The highest BCUT2D eigenvalue weighted by Gasteiger charge is 2.43. The number of hydrogen-bond acceptors (Lipinski definition) is 6. The Bertz CT molecular complexity index is 1370. The third-order valence-electron chi connectivity index (χ3n) is 7.04. The number of rotatable bonds is 4. The van der Waals surface area contributed by atoms with Crippen molar-refractivity contribution in [2.24, 2.45) is 11.7 Å². The van der Waals surface area contributed by atoms with Gasteiger partial charge in [0.25, 0.3) is 0 Å². The van der Waals surface area contributed by atoms with Crippen LogP contribution in [0.15, 0.2) is 67.0 Å². The number of nitrogens with two attached hydrogens (primary N) is 2. The Morgan fingerprint density at radius 2 is 1.79 bits per heavy atom. The largest absolute Gasteiger partial charge is 0.383 e. The lowest BCUT2D eigenvalue weighted by Gasteiger charge is -2.40. The molecule has 7 heteroatoms. The van der Waals surface area contributed by atoms with Crippen molar-refractivity contribution in [1.82, 2.24) is 15.0 Å². The quantitative estimate of drug-likeness (QED) is 0.507. The van der Waals surface area contributed by atoms with E-state index in [1.54, 1.807) is 0 Å². The van der Waals surface area contributed by atoms with Gasteiger partial charge >= 0.3 is 0 Å². The normalized spacial score (nSPS) is 21.6. The monoisotopic (exact) mass is 436 g/mol. The maximum atomic E-state index is 11.5. The number of nitrogen functional groups attached to an aromatic ring is 1. The van der Waals surface area contributed by atoms with Gasteiger partial charge in [0.2, 0.25) is 5.91 Å². The molecule has 0 radical (unpaired) electrons. The van der Waals surface area contributed by atoms with Crippen molar-refractivity contribution in [3.05, 3.63) is 78.1 Å². The van der Waals surface area contributed by atoms with E-state index in [-0.39, 0.29) is 23.8 Å². The van der Waals surface area contributed by atoms with Gasteiger partial charge in [-0.2, -0.15) is 0 Å². The van der Waals surface area contributed by atoms with Gasteiger partial charge in [-0.05, 0) is 30.5 Å². The third-order valence-corrected chi connectivity index (χ3v) is 7.04. The molecule has 2 aromatic carbocycles. The van der Waals surface area contributed by atoms with Crippen LogP contribution in [0.5, 0.6) is 0 Å². The zero-order chi connectivity index (χ0) is 22.5. The van der Waals surface area contributed by atoms with E-state index in [1.165, 1.54) is 6.33 Å². The van der Waals surface area contributed by atoms with Gasteiger partial charge in [0.1, 0.15) is 18.0 Å². The summed E-state index contributed by atoms with van der Waals surface area (Å²) in [5.74, 6) is 1.13. The summed E-state index contributed by atoms with van der Waals surface area (Å²) in [6, 6.07) is 21.0. The summed E-state index contributed by atoms with van der Waals surface area (Å²) < 4.78 is 0. The Morgan fingerprint density at radius 3 is 2.58 bits per heavy atom. The second-order valence-corrected chi connectivity index (χ2v) is 8.94. The van der Waals surface area contributed by atoms with Crippen molar-refractivity contribution >= 4 is 28.4 Å². The minimum absolute atomic E-state index is 0.0420. The van der Waals surface area contributed by atoms with Crippen molar-refractivity contribution in [2.45, 2.75) is 24.8 Å². The molecule has 2 aliphatic rings. The van der Waals surface area contributed by atoms with Crippen LogP contribution in [-0.2, 0) is 4.79 Å². The number of pyridine rings is 1. The first-order valence-electron chi connectivity index (χ1n) is 11.2. The first-order valence-corrected chi connectivity index (χ1v) is 11.2. The summed E-state index contributed by atoms with van der Waals surface area (Å²) in [5, 5.41) is 1.09. The predicted octanol–water partition coefficient (Wildman–Crippen LogP) is 3.49. The van der Waals surface area contributed by atoms with Crippen molar-refractivity contribution in [3.63, 3.8) is 0 Å². The molecule has 0 saturated heterocycles. The van der Waals surface area contributed by atoms with Gasteiger partial charge in [0, 0.05) is 40.9 Å². The summed E-state index contributed by atoms with van der Waals surface area (Å²) in [5.41, 5.74) is 16.9. The van der Waals surface area contributed by atoms with E-state index in [1.807, 2.05) is 18.2 Å². The molecule has 1 aliphatic carbocycles. The number of amides is 1. The maximum absolute atomic E-state index is 11.5. The highest BCUT2D eigenvalue weighted by molar-refractivity contribution is 5.83.